The maximum atomic E-state index is 15.2. The molecule has 0 aliphatic heterocycles. The van der Waals surface area contributed by atoms with Crippen LogP contribution in [0.2, 0.25) is 0 Å². The largest absolute Gasteiger partial charge is 0.497 e. The summed E-state index contributed by atoms with van der Waals surface area (Å²) in [5.41, 5.74) is -2.15. The molecule has 0 fully saturated rings. The molecule has 1 atom stereocenters. The third kappa shape index (κ3) is 5.48. The monoisotopic (exact) mass is 546 g/mol. The van der Waals surface area contributed by atoms with Gasteiger partial charge in [0.2, 0.25) is 0 Å². The lowest BCUT2D eigenvalue weighted by Crippen LogP contribution is -2.24. The predicted octanol–water partition coefficient (Wildman–Crippen LogP) is 4.43. The number of amides is 1. The summed E-state index contributed by atoms with van der Waals surface area (Å²) in [6.45, 7) is -1.60. The van der Waals surface area contributed by atoms with Gasteiger partial charge in [0.25, 0.3) is 11.5 Å². The van der Waals surface area contributed by atoms with Crippen LogP contribution in [0.15, 0.2) is 59.4 Å². The van der Waals surface area contributed by atoms with Crippen molar-refractivity contribution in [2.24, 2.45) is 7.05 Å². The molecule has 0 bridgehead atoms. The van der Waals surface area contributed by atoms with Crippen LogP contribution in [0.4, 0.5) is 23.2 Å². The second kappa shape index (κ2) is 11.0. The number of halogens is 4. The Balaban J connectivity index is 1.88. The summed E-state index contributed by atoms with van der Waals surface area (Å²) < 4.78 is 66.5. The lowest BCUT2D eigenvalue weighted by Gasteiger charge is -2.13. The van der Waals surface area contributed by atoms with Gasteiger partial charge in [0.05, 0.1) is 24.5 Å². The van der Waals surface area contributed by atoms with Crippen molar-refractivity contribution in [3.05, 3.63) is 87.8 Å². The molecular weight excluding hydrogens is 524 g/mol. The van der Waals surface area contributed by atoms with Crippen LogP contribution in [0, 0.1) is 11.6 Å². The number of anilines is 1. The van der Waals surface area contributed by atoms with Crippen molar-refractivity contribution < 1.29 is 36.9 Å². The van der Waals surface area contributed by atoms with Crippen LogP contribution in [0.5, 0.6) is 11.5 Å². The molecule has 13 heteroatoms. The van der Waals surface area contributed by atoms with E-state index in [0.29, 0.717) is 0 Å². The van der Waals surface area contributed by atoms with Crippen LogP contribution in [0.1, 0.15) is 29.1 Å². The first-order valence-corrected chi connectivity index (χ1v) is 11.4. The number of pyridine rings is 1. The van der Waals surface area contributed by atoms with E-state index in [0.717, 1.165) is 33.6 Å². The summed E-state index contributed by atoms with van der Waals surface area (Å²) in [5, 5.41) is 12.3. The van der Waals surface area contributed by atoms with Crippen LogP contribution >= 0.6 is 0 Å². The van der Waals surface area contributed by atoms with Crippen LogP contribution in [-0.4, -0.2) is 39.1 Å². The van der Waals surface area contributed by atoms with Gasteiger partial charge in [-0.2, -0.15) is 13.5 Å². The molecule has 0 spiro atoms. The molecule has 2 N–H and O–H groups in total. The fraction of sp³-hybridized carbons (Fsp3) is 0.192. The fourth-order valence-electron chi connectivity index (χ4n) is 3.92. The molecule has 0 aliphatic carbocycles. The SMILES string of the molecule is COc1cc(F)c(-c2c(NC(=O)c3ccc(OC(F)F)cc3)c(=O)n(-c3cccc(C(C)O)n3)n2C)c(F)c1. The summed E-state index contributed by atoms with van der Waals surface area (Å²) in [6, 6.07) is 10.9. The highest BCUT2D eigenvalue weighted by molar-refractivity contribution is 6.06. The Labute approximate surface area is 218 Å². The zero-order chi connectivity index (χ0) is 28.4. The van der Waals surface area contributed by atoms with Gasteiger partial charge in [-0.15, -0.1) is 0 Å². The molecule has 204 valence electrons. The molecule has 9 nitrogen and oxygen atoms in total. The number of methoxy groups -OCH3 is 1. The quantitative estimate of drug-likeness (QED) is 0.317. The maximum Gasteiger partial charge on any atom is 0.387 e. The summed E-state index contributed by atoms with van der Waals surface area (Å²) in [6.07, 6.45) is -0.979. The Kier molecular flexibility index (Phi) is 7.72. The number of aliphatic hydroxyl groups excluding tert-OH is 1. The minimum atomic E-state index is -3.06. The van der Waals surface area contributed by atoms with E-state index in [9.17, 15) is 23.5 Å². The van der Waals surface area contributed by atoms with Crippen LogP contribution < -0.4 is 20.3 Å². The van der Waals surface area contributed by atoms with E-state index in [1.807, 2.05) is 0 Å². The third-order valence-corrected chi connectivity index (χ3v) is 5.74. The number of ether oxygens (including phenoxy) is 2. The van der Waals surface area contributed by atoms with Crippen LogP contribution in [-0.2, 0) is 7.05 Å². The highest BCUT2D eigenvalue weighted by Gasteiger charge is 2.28. The molecule has 0 saturated carbocycles. The van der Waals surface area contributed by atoms with Crippen molar-refractivity contribution >= 4 is 11.6 Å². The van der Waals surface area contributed by atoms with Gasteiger partial charge in [-0.05, 0) is 43.3 Å². The Morgan fingerprint density at radius 3 is 2.26 bits per heavy atom. The number of nitrogens with one attached hydrogen (secondary N) is 1. The molecule has 2 aromatic heterocycles. The van der Waals surface area contributed by atoms with Gasteiger partial charge >= 0.3 is 6.61 Å². The van der Waals surface area contributed by atoms with Crippen molar-refractivity contribution in [3.63, 3.8) is 0 Å². The Bertz CT molecular complexity index is 1560. The highest BCUT2D eigenvalue weighted by Crippen LogP contribution is 2.34. The molecule has 2 heterocycles. The first kappa shape index (κ1) is 27.4. The number of benzene rings is 2. The number of hydrogen-bond acceptors (Lipinski definition) is 6. The highest BCUT2D eigenvalue weighted by atomic mass is 19.3. The van der Waals surface area contributed by atoms with E-state index in [4.69, 9.17) is 4.74 Å². The molecule has 4 aromatic rings. The second-order valence-corrected chi connectivity index (χ2v) is 8.28. The molecule has 2 aromatic carbocycles. The average Bonchev–Trinajstić information content (AvgIpc) is 3.12. The number of nitrogens with zero attached hydrogens (tertiary/aromatic N) is 3. The molecule has 1 unspecified atom stereocenters. The van der Waals surface area contributed by atoms with E-state index in [2.05, 4.69) is 15.0 Å². The molecule has 0 radical (unpaired) electrons. The number of aromatic nitrogens is 3. The molecule has 0 aliphatic rings. The molecule has 0 saturated heterocycles. The van der Waals surface area contributed by atoms with Crippen molar-refractivity contribution in [2.45, 2.75) is 19.6 Å². The van der Waals surface area contributed by atoms with E-state index in [-0.39, 0.29) is 34.3 Å². The first-order valence-electron chi connectivity index (χ1n) is 11.4. The molecule has 1 amide bonds. The van der Waals surface area contributed by atoms with Gasteiger partial charge in [-0.1, -0.05) is 6.07 Å². The number of alkyl halides is 2. The van der Waals surface area contributed by atoms with Crippen LogP contribution in [0.3, 0.4) is 0 Å². The average molecular weight is 546 g/mol. The first-order chi connectivity index (χ1) is 18.5. The van der Waals surface area contributed by atoms with Gasteiger partial charge < -0.3 is 19.9 Å². The van der Waals surface area contributed by atoms with Gasteiger partial charge in [0.15, 0.2) is 5.82 Å². The summed E-state index contributed by atoms with van der Waals surface area (Å²) >= 11 is 0. The van der Waals surface area contributed by atoms with Gasteiger partial charge in [-0.25, -0.2) is 13.8 Å². The molecule has 39 heavy (non-hydrogen) atoms. The predicted molar refractivity (Wildman–Crippen MR) is 132 cm³/mol. The third-order valence-electron chi connectivity index (χ3n) is 5.74. The van der Waals surface area contributed by atoms with Gasteiger partial charge in [0, 0.05) is 24.7 Å². The fourth-order valence-corrected chi connectivity index (χ4v) is 3.92. The van der Waals surface area contributed by atoms with Crippen molar-refractivity contribution in [2.75, 3.05) is 12.4 Å². The number of aliphatic hydroxyl groups is 1. The van der Waals surface area contributed by atoms with Gasteiger partial charge in [-0.3, -0.25) is 14.3 Å². The standard InChI is InChI=1S/C26H22F4N4O5/c1-13(35)19-5-4-6-20(31-19)34-25(37)22(32-24(36)14-7-9-15(10-8-14)39-26(29)30)23(33(34)2)21-17(27)11-16(38-3)12-18(21)28/h4-13,26,35H,1-3H3,(H,32,36). The lowest BCUT2D eigenvalue weighted by molar-refractivity contribution is -0.0498. The number of carbonyl (C=O) groups is 1. The normalized spacial score (nSPS) is 11.9. The molecular formula is C26H22F4N4O5. The smallest absolute Gasteiger partial charge is 0.387 e. The lowest BCUT2D eigenvalue weighted by atomic mass is 10.1. The summed E-state index contributed by atoms with van der Waals surface area (Å²) in [4.78, 5) is 30.9. The van der Waals surface area contributed by atoms with E-state index in [1.54, 1.807) is 0 Å². The topological polar surface area (TPSA) is 108 Å². The minimum absolute atomic E-state index is 0.00507. The van der Waals surface area contributed by atoms with Gasteiger partial charge in [0.1, 0.15) is 34.5 Å². The Morgan fingerprint density at radius 2 is 1.69 bits per heavy atom. The minimum Gasteiger partial charge on any atom is -0.497 e. The van der Waals surface area contributed by atoms with Crippen molar-refractivity contribution in [1.82, 2.24) is 14.3 Å². The second-order valence-electron chi connectivity index (χ2n) is 8.28. The number of hydrogen-bond donors (Lipinski definition) is 2. The van der Waals surface area contributed by atoms with E-state index >= 15 is 8.78 Å². The molecule has 4 rings (SSSR count). The summed E-state index contributed by atoms with van der Waals surface area (Å²) in [7, 11) is 2.56. The number of rotatable bonds is 8. The maximum absolute atomic E-state index is 15.2. The van der Waals surface area contributed by atoms with Crippen molar-refractivity contribution in [1.29, 1.82) is 0 Å². The van der Waals surface area contributed by atoms with Crippen LogP contribution in [0.25, 0.3) is 17.1 Å². The van der Waals surface area contributed by atoms with Crippen molar-refractivity contribution in [3.8, 4) is 28.6 Å². The Morgan fingerprint density at radius 1 is 1.05 bits per heavy atom. The summed E-state index contributed by atoms with van der Waals surface area (Å²) in [5.74, 6) is -3.32. The zero-order valence-corrected chi connectivity index (χ0v) is 20.8. The van der Waals surface area contributed by atoms with E-state index < -0.39 is 47.1 Å². The Hall–Kier alpha value is -4.65. The van der Waals surface area contributed by atoms with E-state index in [1.165, 1.54) is 51.4 Å². The zero-order valence-electron chi connectivity index (χ0n) is 20.8. The number of carbonyl (C=O) groups excluding carboxylic acids is 1.